The molecule has 19 heavy (non-hydrogen) atoms. The Kier molecular flexibility index (Phi) is 9.55. The zero-order valence-electron chi connectivity index (χ0n) is 10.7. The second kappa shape index (κ2) is 9.66. The van der Waals surface area contributed by atoms with Crippen molar-refractivity contribution in [3.05, 3.63) is 48.5 Å². The Morgan fingerprint density at radius 1 is 0.632 bits per heavy atom. The molecule has 2 rings (SSSR count). The Hall–Kier alpha value is -0.210. The molecule has 0 bridgehead atoms. The molecular formula is C14H16Br2O2Te. The first-order valence-corrected chi connectivity index (χ1v) is 7.61. The third-order valence-electron chi connectivity index (χ3n) is 2.35. The molecular weight excluding hydrogens is 488 g/mol. The molecule has 5 heteroatoms. The van der Waals surface area contributed by atoms with Gasteiger partial charge in [-0.2, -0.15) is 0 Å². The molecule has 2 aromatic carbocycles. The quantitative estimate of drug-likeness (QED) is 0.597. The van der Waals surface area contributed by atoms with Crippen molar-refractivity contribution < 1.29 is 9.47 Å². The second-order valence-electron chi connectivity index (χ2n) is 3.45. The Morgan fingerprint density at radius 3 is 1.21 bits per heavy atom. The molecule has 0 atom stereocenters. The summed E-state index contributed by atoms with van der Waals surface area (Å²) in [5, 5.41) is 0. The summed E-state index contributed by atoms with van der Waals surface area (Å²) in [7, 11) is 3.38. The van der Waals surface area contributed by atoms with E-state index in [4.69, 9.17) is 9.47 Å². The molecule has 104 valence electrons. The Labute approximate surface area is 145 Å². The summed E-state index contributed by atoms with van der Waals surface area (Å²) < 4.78 is 13.1. The van der Waals surface area contributed by atoms with E-state index >= 15 is 0 Å². The summed E-state index contributed by atoms with van der Waals surface area (Å²) in [6, 6.07) is 16.6. The van der Waals surface area contributed by atoms with Crippen LogP contribution in [0.1, 0.15) is 0 Å². The van der Waals surface area contributed by atoms with Gasteiger partial charge < -0.3 is 0 Å². The van der Waals surface area contributed by atoms with Gasteiger partial charge in [-0.3, -0.25) is 0 Å². The van der Waals surface area contributed by atoms with Crippen molar-refractivity contribution in [1.82, 2.24) is 0 Å². The minimum absolute atomic E-state index is 0. The molecule has 0 aliphatic carbocycles. The van der Waals surface area contributed by atoms with E-state index in [1.165, 1.54) is 7.22 Å². The van der Waals surface area contributed by atoms with Gasteiger partial charge in [0.05, 0.1) is 0 Å². The SMILES string of the molecule is Br.Br.COc1ccc([Te]c2ccc(OC)cc2)cc1. The Morgan fingerprint density at radius 2 is 0.947 bits per heavy atom. The number of benzene rings is 2. The molecule has 0 aromatic heterocycles. The number of hydrogen-bond acceptors (Lipinski definition) is 2. The van der Waals surface area contributed by atoms with E-state index in [0.717, 1.165) is 11.5 Å². The number of methoxy groups -OCH3 is 2. The van der Waals surface area contributed by atoms with Crippen molar-refractivity contribution in [3.8, 4) is 11.5 Å². The van der Waals surface area contributed by atoms with Gasteiger partial charge >= 0.3 is 112 Å². The molecule has 2 nitrogen and oxygen atoms in total. The molecule has 0 spiro atoms. The van der Waals surface area contributed by atoms with E-state index in [9.17, 15) is 0 Å². The van der Waals surface area contributed by atoms with Gasteiger partial charge in [0, 0.05) is 0 Å². The van der Waals surface area contributed by atoms with Gasteiger partial charge in [-0.15, -0.1) is 34.0 Å². The Bertz CT molecular complexity index is 426. The van der Waals surface area contributed by atoms with Crippen molar-refractivity contribution in [3.63, 3.8) is 0 Å². The average Bonchev–Trinajstić information content (AvgIpc) is 2.40. The summed E-state index contributed by atoms with van der Waals surface area (Å²) in [5.41, 5.74) is 0. The fourth-order valence-electron chi connectivity index (χ4n) is 1.42. The van der Waals surface area contributed by atoms with Crippen LogP contribution in [0.15, 0.2) is 48.5 Å². The second-order valence-corrected chi connectivity index (χ2v) is 6.73. The van der Waals surface area contributed by atoms with E-state index in [2.05, 4.69) is 24.3 Å². The summed E-state index contributed by atoms with van der Waals surface area (Å²) in [6.07, 6.45) is 0. The topological polar surface area (TPSA) is 18.5 Å². The molecule has 0 aliphatic rings. The number of ether oxygens (including phenoxy) is 2. The van der Waals surface area contributed by atoms with E-state index in [1.54, 1.807) is 14.2 Å². The van der Waals surface area contributed by atoms with Gasteiger partial charge in [-0.1, -0.05) is 0 Å². The van der Waals surface area contributed by atoms with Crippen molar-refractivity contribution in [2.75, 3.05) is 14.2 Å². The van der Waals surface area contributed by atoms with Crippen molar-refractivity contribution in [1.29, 1.82) is 0 Å². The summed E-state index contributed by atoms with van der Waals surface area (Å²) in [6.45, 7) is 0. The van der Waals surface area contributed by atoms with Crippen LogP contribution in [0.25, 0.3) is 0 Å². The zero-order valence-corrected chi connectivity index (χ0v) is 16.4. The van der Waals surface area contributed by atoms with Crippen molar-refractivity contribution in [2.24, 2.45) is 0 Å². The number of rotatable bonds is 4. The van der Waals surface area contributed by atoms with E-state index in [1.807, 2.05) is 24.3 Å². The van der Waals surface area contributed by atoms with Crippen LogP contribution >= 0.6 is 34.0 Å². The average molecular weight is 504 g/mol. The number of halogens is 2. The molecule has 0 N–H and O–H groups in total. The molecule has 0 saturated heterocycles. The summed E-state index contributed by atoms with van der Waals surface area (Å²) >= 11 is -0.308. The van der Waals surface area contributed by atoms with Crippen LogP contribution in [0.4, 0.5) is 0 Å². The maximum atomic E-state index is 5.15. The monoisotopic (exact) mass is 504 g/mol. The molecule has 0 unspecified atom stereocenters. The van der Waals surface area contributed by atoms with Gasteiger partial charge in [0.25, 0.3) is 0 Å². The van der Waals surface area contributed by atoms with E-state index in [0.29, 0.717) is 0 Å². The first-order chi connectivity index (χ1) is 8.31. The predicted molar refractivity (Wildman–Crippen MR) is 91.7 cm³/mol. The van der Waals surface area contributed by atoms with Crippen molar-refractivity contribution in [2.45, 2.75) is 0 Å². The van der Waals surface area contributed by atoms with Crippen LogP contribution in [-0.4, -0.2) is 35.1 Å². The van der Waals surface area contributed by atoms with Gasteiger partial charge in [0.1, 0.15) is 0 Å². The van der Waals surface area contributed by atoms with E-state index < -0.39 is 0 Å². The molecule has 2 aromatic rings. The van der Waals surface area contributed by atoms with Crippen LogP contribution < -0.4 is 16.7 Å². The fraction of sp³-hybridized carbons (Fsp3) is 0.143. The molecule has 0 aliphatic heterocycles. The van der Waals surface area contributed by atoms with Gasteiger partial charge in [-0.05, 0) is 0 Å². The molecule has 0 heterocycles. The van der Waals surface area contributed by atoms with Crippen LogP contribution in [-0.2, 0) is 0 Å². The first-order valence-electron chi connectivity index (χ1n) is 5.28. The van der Waals surface area contributed by atoms with Crippen LogP contribution in [0, 0.1) is 0 Å². The molecule has 0 radical (unpaired) electrons. The summed E-state index contributed by atoms with van der Waals surface area (Å²) in [5.74, 6) is 1.83. The molecule has 0 fully saturated rings. The van der Waals surface area contributed by atoms with Gasteiger partial charge in [0.2, 0.25) is 0 Å². The van der Waals surface area contributed by atoms with Crippen LogP contribution in [0.3, 0.4) is 0 Å². The number of hydrogen-bond donors (Lipinski definition) is 0. The van der Waals surface area contributed by atoms with Crippen molar-refractivity contribution >= 4 is 62.1 Å². The summed E-state index contributed by atoms with van der Waals surface area (Å²) in [4.78, 5) is 0. The molecule has 0 amide bonds. The zero-order chi connectivity index (χ0) is 12.1. The normalized spacial score (nSPS) is 8.95. The predicted octanol–water partition coefficient (Wildman–Crippen LogP) is 2.51. The first kappa shape index (κ1) is 18.8. The molecule has 0 saturated carbocycles. The maximum absolute atomic E-state index is 5.15. The third-order valence-corrected chi connectivity index (χ3v) is 5.25. The van der Waals surface area contributed by atoms with Crippen LogP contribution in [0.2, 0.25) is 0 Å². The standard InChI is InChI=1S/C14H14O2Te.2BrH/c1-15-11-3-7-13(8-4-11)17-14-9-5-12(16-2)6-10-14;;/h3-10H,1-2H3;2*1H. The van der Waals surface area contributed by atoms with Gasteiger partial charge in [-0.25, -0.2) is 0 Å². The van der Waals surface area contributed by atoms with Gasteiger partial charge in [0.15, 0.2) is 0 Å². The third kappa shape index (κ3) is 5.74. The Balaban J connectivity index is 0.00000162. The minimum atomic E-state index is -0.308. The van der Waals surface area contributed by atoms with E-state index in [-0.39, 0.29) is 54.9 Å². The van der Waals surface area contributed by atoms with Crippen LogP contribution in [0.5, 0.6) is 11.5 Å². The fourth-order valence-corrected chi connectivity index (χ4v) is 3.75.